The number of phosphoric acid groups is 1. The van der Waals surface area contributed by atoms with Gasteiger partial charge in [0.1, 0.15) is 19.3 Å². The van der Waals surface area contributed by atoms with E-state index in [1.54, 1.807) is 0 Å². The van der Waals surface area contributed by atoms with E-state index in [1.807, 2.05) is 45.4 Å². The van der Waals surface area contributed by atoms with Crippen LogP contribution in [0.5, 0.6) is 0 Å². The summed E-state index contributed by atoms with van der Waals surface area (Å²) < 4.78 is 30.5. The second-order valence-corrected chi connectivity index (χ2v) is 21.2. The van der Waals surface area contributed by atoms with Crippen LogP contribution in [0.2, 0.25) is 0 Å². The molecule has 2 N–H and O–H groups in total. The van der Waals surface area contributed by atoms with E-state index in [-0.39, 0.29) is 25.5 Å². The van der Waals surface area contributed by atoms with Crippen LogP contribution in [-0.4, -0.2) is 74.3 Å². The maximum atomic E-state index is 13.5. The average Bonchev–Trinajstić information content (AvgIpc) is 3.32. The van der Waals surface area contributed by atoms with Crippen molar-refractivity contribution in [2.75, 3.05) is 40.9 Å². The fourth-order valence-corrected chi connectivity index (χ4v) is 8.17. The molecule has 0 aliphatic rings. The number of ether oxygens (including phenoxy) is 1. The summed E-state index contributed by atoms with van der Waals surface area (Å²) in [4.78, 5) is 37.5. The smallest absolute Gasteiger partial charge is 0.456 e. The van der Waals surface area contributed by atoms with Gasteiger partial charge >= 0.3 is 13.8 Å². The quantitative estimate of drug-likeness (QED) is 0.0205. The maximum absolute atomic E-state index is 13.5. The van der Waals surface area contributed by atoms with Crippen molar-refractivity contribution in [2.45, 2.75) is 232 Å². The lowest BCUT2D eigenvalue weighted by atomic mass is 10.1. The molecule has 0 rings (SSSR count). The molecule has 3 atom stereocenters. The number of rotatable bonds is 49. The maximum Gasteiger partial charge on any atom is 0.472 e. The van der Waals surface area contributed by atoms with E-state index in [0.717, 1.165) is 83.5 Å². The lowest BCUT2D eigenvalue weighted by Crippen LogP contribution is -2.47. The van der Waals surface area contributed by atoms with Gasteiger partial charge in [0.15, 0.2) is 0 Å². The Labute approximate surface area is 430 Å². The number of hydrogen-bond donors (Lipinski definition) is 2. The van der Waals surface area contributed by atoms with Crippen LogP contribution in [-0.2, 0) is 27.9 Å². The highest BCUT2D eigenvalue weighted by molar-refractivity contribution is 7.47. The van der Waals surface area contributed by atoms with Crippen LogP contribution in [0.3, 0.4) is 0 Å². The lowest BCUT2D eigenvalue weighted by molar-refractivity contribution is -0.870. The van der Waals surface area contributed by atoms with Gasteiger partial charge in [0, 0.05) is 12.8 Å². The molecular formula is C60H106N2O7P+. The van der Waals surface area contributed by atoms with Gasteiger partial charge in [0.25, 0.3) is 0 Å². The normalized spacial score (nSPS) is 14.6. The molecule has 0 aromatic carbocycles. The third-order valence-electron chi connectivity index (χ3n) is 11.8. The molecule has 0 spiro atoms. The minimum atomic E-state index is -4.47. The molecule has 0 fully saturated rings. The first-order valence-electron chi connectivity index (χ1n) is 28.1. The molecule has 0 saturated heterocycles. The Morgan fingerprint density at radius 3 is 1.40 bits per heavy atom. The molecule has 1 amide bonds. The van der Waals surface area contributed by atoms with E-state index >= 15 is 0 Å². The van der Waals surface area contributed by atoms with Crippen LogP contribution in [0, 0.1) is 0 Å². The lowest BCUT2D eigenvalue weighted by Gasteiger charge is -2.27. The molecule has 9 nitrogen and oxygen atoms in total. The largest absolute Gasteiger partial charge is 0.472 e. The molecule has 0 radical (unpaired) electrons. The van der Waals surface area contributed by atoms with Crippen molar-refractivity contribution in [3.05, 3.63) is 97.2 Å². The summed E-state index contributed by atoms with van der Waals surface area (Å²) >= 11 is 0. The molecular weight excluding hydrogens is 892 g/mol. The van der Waals surface area contributed by atoms with Gasteiger partial charge < -0.3 is 19.4 Å². The second-order valence-electron chi connectivity index (χ2n) is 19.7. The van der Waals surface area contributed by atoms with Crippen LogP contribution in [0.4, 0.5) is 0 Å². The van der Waals surface area contributed by atoms with E-state index in [2.05, 4.69) is 99.0 Å². The molecule has 3 unspecified atom stereocenters. The van der Waals surface area contributed by atoms with Crippen molar-refractivity contribution >= 4 is 19.7 Å². The molecule has 10 heteroatoms. The van der Waals surface area contributed by atoms with Gasteiger partial charge in [0.2, 0.25) is 5.91 Å². The van der Waals surface area contributed by atoms with Gasteiger partial charge in [-0.2, -0.15) is 0 Å². The zero-order chi connectivity index (χ0) is 51.5. The summed E-state index contributed by atoms with van der Waals surface area (Å²) in [7, 11) is 1.44. The fourth-order valence-electron chi connectivity index (χ4n) is 7.43. The number of nitrogens with one attached hydrogen (secondary N) is 1. The molecule has 0 aliphatic heterocycles. The fraction of sp³-hybridized carbons (Fsp3) is 0.700. The van der Waals surface area contributed by atoms with Crippen molar-refractivity contribution in [2.24, 2.45) is 0 Å². The highest BCUT2D eigenvalue weighted by atomic mass is 31.2. The standard InChI is InChI=1S/C60H105N2O7P/c1-7-10-13-16-19-22-25-28-29-30-31-32-33-35-38-41-44-47-50-53-60(64)69-58(51-48-45-42-39-36-27-24-21-18-15-12-9-3)57(56-68-70(65,66)67-55-54-62(4,5)6)61-59(63)52-49-46-43-40-37-34-26-23-20-17-14-11-8-2/h10,13,19,22,28-29,31-32,34-35,37-38,44,47-48,51,57-58H,7-9,11-12,14-18,20-21,23-27,30,33,36,39-43,45-46,49-50,52-56H2,1-6H3,(H-,61,63,65,66)/p+1/b13-10-,22-19-,29-28-,32-31-,37-34-,38-35-,47-44-,51-48-. The zero-order valence-electron chi connectivity index (χ0n) is 45.7. The summed E-state index contributed by atoms with van der Waals surface area (Å²) in [6.07, 6.45) is 65.6. The van der Waals surface area contributed by atoms with E-state index in [4.69, 9.17) is 13.8 Å². The van der Waals surface area contributed by atoms with Crippen LogP contribution < -0.4 is 5.32 Å². The van der Waals surface area contributed by atoms with E-state index in [0.29, 0.717) is 30.3 Å². The minimum absolute atomic E-state index is 0.0221. The first-order valence-corrected chi connectivity index (χ1v) is 29.6. The summed E-state index contributed by atoms with van der Waals surface area (Å²) in [5, 5.41) is 3.01. The molecule has 0 bridgehead atoms. The number of esters is 1. The van der Waals surface area contributed by atoms with Crippen molar-refractivity contribution < 1.29 is 37.3 Å². The Kier molecular flexibility index (Phi) is 47.3. The first kappa shape index (κ1) is 66.9. The highest BCUT2D eigenvalue weighted by Crippen LogP contribution is 2.43. The number of unbranched alkanes of at least 4 members (excludes halogenated alkanes) is 19. The van der Waals surface area contributed by atoms with Gasteiger partial charge in [-0.25, -0.2) is 4.57 Å². The van der Waals surface area contributed by atoms with Gasteiger partial charge in [-0.05, 0) is 96.0 Å². The van der Waals surface area contributed by atoms with Crippen molar-refractivity contribution in [1.29, 1.82) is 0 Å². The molecule has 0 heterocycles. The number of allylic oxidation sites excluding steroid dienone is 15. The predicted molar refractivity (Wildman–Crippen MR) is 300 cm³/mol. The number of carbonyl (C=O) groups excluding carboxylic acids is 2. The molecule has 402 valence electrons. The summed E-state index contributed by atoms with van der Waals surface area (Å²) in [6, 6.07) is -0.890. The summed E-state index contributed by atoms with van der Waals surface area (Å²) in [5.41, 5.74) is 0. The number of hydrogen-bond acceptors (Lipinski definition) is 6. The van der Waals surface area contributed by atoms with Crippen LogP contribution in [0.15, 0.2) is 97.2 Å². The second kappa shape index (κ2) is 49.5. The topological polar surface area (TPSA) is 111 Å². The van der Waals surface area contributed by atoms with Gasteiger partial charge in [-0.3, -0.25) is 18.6 Å². The monoisotopic (exact) mass is 998 g/mol. The minimum Gasteiger partial charge on any atom is -0.456 e. The third kappa shape index (κ3) is 49.9. The Morgan fingerprint density at radius 1 is 0.514 bits per heavy atom. The molecule has 0 aromatic heterocycles. The van der Waals surface area contributed by atoms with Gasteiger partial charge in [-0.15, -0.1) is 0 Å². The van der Waals surface area contributed by atoms with E-state index in [1.165, 1.54) is 89.9 Å². The van der Waals surface area contributed by atoms with Crippen molar-refractivity contribution in [1.82, 2.24) is 5.32 Å². The highest BCUT2D eigenvalue weighted by Gasteiger charge is 2.30. The van der Waals surface area contributed by atoms with E-state index < -0.39 is 25.9 Å². The van der Waals surface area contributed by atoms with Gasteiger partial charge in [0.05, 0.1) is 33.8 Å². The zero-order valence-corrected chi connectivity index (χ0v) is 46.6. The Morgan fingerprint density at radius 2 is 0.929 bits per heavy atom. The number of phosphoric ester groups is 1. The van der Waals surface area contributed by atoms with Crippen LogP contribution >= 0.6 is 7.82 Å². The number of nitrogens with zero attached hydrogens (tertiary/aromatic N) is 1. The Hall–Kier alpha value is -3.07. The van der Waals surface area contributed by atoms with E-state index in [9.17, 15) is 19.0 Å². The summed E-state index contributed by atoms with van der Waals surface area (Å²) in [5.74, 6) is -0.628. The predicted octanol–water partition coefficient (Wildman–Crippen LogP) is 16.8. The molecule has 0 aromatic rings. The number of quaternary nitrogens is 1. The van der Waals surface area contributed by atoms with Crippen LogP contribution in [0.25, 0.3) is 0 Å². The van der Waals surface area contributed by atoms with Crippen LogP contribution in [0.1, 0.15) is 220 Å². The number of amides is 1. The van der Waals surface area contributed by atoms with Crippen molar-refractivity contribution in [3.8, 4) is 0 Å². The number of carbonyl (C=O) groups is 2. The SMILES string of the molecule is CC/C=C\C/C=C\C/C=C\C/C=C\C/C=C\C/C=C\CCC(=O)OC(/C=C\CCCCCCCCCCCC)C(COP(=O)(O)OCC[N+](C)(C)C)NC(=O)CCCCC/C=C\CCCCCCCC. The Bertz CT molecular complexity index is 1520. The molecule has 0 saturated carbocycles. The molecule has 70 heavy (non-hydrogen) atoms. The van der Waals surface area contributed by atoms with Crippen molar-refractivity contribution in [3.63, 3.8) is 0 Å². The third-order valence-corrected chi connectivity index (χ3v) is 12.8. The number of likely N-dealkylation sites (N-methyl/N-ethyl adjacent to an activating group) is 1. The van der Waals surface area contributed by atoms with Gasteiger partial charge in [-0.1, -0.05) is 208 Å². The molecule has 0 aliphatic carbocycles. The first-order chi connectivity index (χ1) is 33.9. The summed E-state index contributed by atoms with van der Waals surface area (Å²) in [6.45, 7) is 6.80. The Balaban J connectivity index is 5.51. The average molecular weight is 998 g/mol.